The molecule has 2 aromatic carbocycles. The van der Waals surface area contributed by atoms with Gasteiger partial charge in [-0.1, -0.05) is 11.6 Å². The van der Waals surface area contributed by atoms with Crippen molar-refractivity contribution in [3.8, 4) is 6.07 Å². The Bertz CT molecular complexity index is 1360. The number of ether oxygens (including phenoxy) is 2. The number of hydrogen-bond acceptors (Lipinski definition) is 9. The Kier molecular flexibility index (Phi) is 9.92. The smallest absolute Gasteiger partial charge is 0.293 e. The van der Waals surface area contributed by atoms with Gasteiger partial charge in [-0.3, -0.25) is 9.69 Å². The Morgan fingerprint density at radius 2 is 1.95 bits per heavy atom. The van der Waals surface area contributed by atoms with Gasteiger partial charge in [0.2, 0.25) is 5.79 Å². The molecular weight excluding hydrogens is 586 g/mol. The normalized spacial score (nSPS) is 18.4. The second kappa shape index (κ2) is 13.0. The van der Waals surface area contributed by atoms with E-state index in [1.165, 1.54) is 30.8 Å². The predicted molar refractivity (Wildman–Crippen MR) is 147 cm³/mol. The molecule has 2 heterocycles. The van der Waals surface area contributed by atoms with Crippen molar-refractivity contribution in [2.75, 3.05) is 43.9 Å². The molecule has 2 saturated heterocycles. The van der Waals surface area contributed by atoms with Gasteiger partial charge in [0, 0.05) is 36.3 Å². The van der Waals surface area contributed by atoms with Gasteiger partial charge >= 0.3 is 0 Å². The first kappa shape index (κ1) is 30.5. The van der Waals surface area contributed by atoms with Gasteiger partial charge in [-0.15, -0.1) is 11.8 Å². The lowest BCUT2D eigenvalue weighted by atomic mass is 10.1. The number of alkyl halides is 1. The molecule has 4 rings (SSSR count). The van der Waals surface area contributed by atoms with Crippen LogP contribution in [0.4, 0.5) is 14.5 Å². The number of halogens is 3. The van der Waals surface area contributed by atoms with Crippen LogP contribution in [-0.2, 0) is 24.3 Å². The summed E-state index contributed by atoms with van der Waals surface area (Å²) in [5.41, 5.74) is 0.193. The number of nitrogens with zero attached hydrogens (tertiary/aromatic N) is 2. The lowest BCUT2D eigenvalue weighted by Crippen LogP contribution is -2.52. The monoisotopic (exact) mass is 614 g/mol. The van der Waals surface area contributed by atoms with Crippen molar-refractivity contribution in [3.63, 3.8) is 0 Å². The van der Waals surface area contributed by atoms with Crippen LogP contribution in [0.3, 0.4) is 0 Å². The molecule has 2 aliphatic heterocycles. The number of carbonyl (C=O) groups excluding carboxylic acids is 1. The van der Waals surface area contributed by atoms with E-state index >= 15 is 0 Å². The van der Waals surface area contributed by atoms with Crippen molar-refractivity contribution in [1.82, 2.24) is 9.62 Å². The van der Waals surface area contributed by atoms with E-state index < -0.39 is 27.9 Å². The fraction of sp³-hybridized carbons (Fsp3) is 0.462. The third-order valence-electron chi connectivity index (χ3n) is 6.50. The Labute approximate surface area is 241 Å². The quantitative estimate of drug-likeness (QED) is 0.363. The van der Waals surface area contributed by atoms with Crippen molar-refractivity contribution < 1.29 is 31.5 Å². The van der Waals surface area contributed by atoms with E-state index in [4.69, 9.17) is 21.1 Å². The van der Waals surface area contributed by atoms with Crippen LogP contribution in [0.25, 0.3) is 0 Å². The number of nitrogens with one attached hydrogen (secondary N) is 2. The number of amides is 1. The van der Waals surface area contributed by atoms with Crippen LogP contribution in [0.1, 0.15) is 25.3 Å². The molecule has 1 atom stereocenters. The summed E-state index contributed by atoms with van der Waals surface area (Å²) in [7, 11) is -4.42. The topological polar surface area (TPSA) is 121 Å². The van der Waals surface area contributed by atoms with Crippen molar-refractivity contribution in [2.24, 2.45) is 0 Å². The molecule has 0 aromatic heterocycles. The largest absolute Gasteiger partial charge is 0.379 e. The van der Waals surface area contributed by atoms with Crippen molar-refractivity contribution >= 4 is 45.0 Å². The Morgan fingerprint density at radius 3 is 2.58 bits per heavy atom. The second-order valence-corrected chi connectivity index (χ2v) is 12.8. The first-order valence-corrected chi connectivity index (χ1v) is 15.4. The minimum Gasteiger partial charge on any atom is -0.379 e. The number of benzene rings is 2. The Morgan fingerprint density at radius 1 is 1.27 bits per heavy atom. The molecule has 1 amide bonds. The zero-order valence-corrected chi connectivity index (χ0v) is 24.1. The lowest BCUT2D eigenvalue weighted by Gasteiger charge is -2.35. The number of anilines is 1. The van der Waals surface area contributed by atoms with Gasteiger partial charge in [-0.2, -0.15) is 5.26 Å². The maximum atomic E-state index is 13.3. The van der Waals surface area contributed by atoms with E-state index in [9.17, 15) is 27.3 Å². The van der Waals surface area contributed by atoms with Gasteiger partial charge in [-0.25, -0.2) is 21.9 Å². The molecule has 2 N–H and O–H groups in total. The van der Waals surface area contributed by atoms with Crippen LogP contribution in [0.2, 0.25) is 5.02 Å². The molecule has 2 fully saturated rings. The minimum absolute atomic E-state index is 0.0344. The predicted octanol–water partition coefficient (Wildman–Crippen LogP) is 3.93. The molecule has 40 heavy (non-hydrogen) atoms. The number of thioether (sulfide) groups is 1. The summed E-state index contributed by atoms with van der Waals surface area (Å²) < 4.78 is 65.2. The average Bonchev–Trinajstić information content (AvgIpc) is 2.90. The van der Waals surface area contributed by atoms with E-state index in [1.807, 2.05) is 15.7 Å². The summed E-state index contributed by atoms with van der Waals surface area (Å²) in [5, 5.41) is 13.1. The highest BCUT2D eigenvalue weighted by molar-refractivity contribution is 7.99. The molecule has 2 aliphatic rings. The van der Waals surface area contributed by atoms with Crippen LogP contribution in [-0.4, -0.2) is 75.8 Å². The van der Waals surface area contributed by atoms with E-state index in [2.05, 4.69) is 5.32 Å². The van der Waals surface area contributed by atoms with Gasteiger partial charge in [0.05, 0.1) is 34.4 Å². The third kappa shape index (κ3) is 7.63. The standard InChI is InChI=1S/C26H29ClF2N4O5S2/c1-26(37-9-2-10-38-26)25(34)32-40(35,36)22-11-17(13-30)24(23(27)12-22)31-20(7-8-33-14-19(29)15-33)16-39-21-5-3-18(28)4-6-21/h3-6,11-12,19-20,31H,2,7-10,14-16H2,1H3,(H,32,34)/t20-/m1/s1. The fourth-order valence-electron chi connectivity index (χ4n) is 4.17. The summed E-state index contributed by atoms with van der Waals surface area (Å²) in [4.78, 5) is 15.1. The van der Waals surface area contributed by atoms with Crippen LogP contribution in [0.15, 0.2) is 46.2 Å². The van der Waals surface area contributed by atoms with Gasteiger partial charge in [0.15, 0.2) is 0 Å². The Hall–Kier alpha value is -2.47. The fourth-order valence-corrected chi connectivity index (χ4v) is 6.57. The third-order valence-corrected chi connectivity index (χ3v) is 9.28. The zero-order chi connectivity index (χ0) is 28.9. The van der Waals surface area contributed by atoms with Crippen molar-refractivity contribution in [1.29, 1.82) is 5.26 Å². The van der Waals surface area contributed by atoms with Gasteiger partial charge < -0.3 is 14.8 Å². The number of likely N-dealkylation sites (tertiary alicyclic amines) is 1. The molecule has 0 radical (unpaired) electrons. The first-order valence-electron chi connectivity index (χ1n) is 12.6. The molecule has 0 bridgehead atoms. The molecule has 2 aromatic rings. The maximum absolute atomic E-state index is 13.3. The van der Waals surface area contributed by atoms with Gasteiger partial charge in [-0.05, 0) is 56.2 Å². The number of rotatable bonds is 11. The van der Waals surface area contributed by atoms with Crippen LogP contribution in [0, 0.1) is 17.1 Å². The van der Waals surface area contributed by atoms with Crippen molar-refractivity contribution in [2.45, 2.75) is 47.6 Å². The van der Waals surface area contributed by atoms with Gasteiger partial charge in [0.1, 0.15) is 18.1 Å². The van der Waals surface area contributed by atoms with Crippen LogP contribution in [0.5, 0.6) is 0 Å². The summed E-state index contributed by atoms with van der Waals surface area (Å²) >= 11 is 7.95. The Balaban J connectivity index is 1.51. The highest BCUT2D eigenvalue weighted by Crippen LogP contribution is 2.32. The average molecular weight is 615 g/mol. The maximum Gasteiger partial charge on any atom is 0.293 e. The first-order chi connectivity index (χ1) is 19.0. The highest BCUT2D eigenvalue weighted by atomic mass is 35.5. The summed E-state index contributed by atoms with van der Waals surface area (Å²) in [6, 6.07) is 10.0. The van der Waals surface area contributed by atoms with Crippen LogP contribution >= 0.6 is 23.4 Å². The molecule has 0 spiro atoms. The molecule has 0 saturated carbocycles. The minimum atomic E-state index is -4.42. The molecule has 216 valence electrons. The number of nitriles is 1. The zero-order valence-electron chi connectivity index (χ0n) is 21.7. The SMILES string of the molecule is CC1(C(=O)NS(=O)(=O)c2cc(Cl)c(N[C@H](CCN3CC(F)C3)CSc3ccc(F)cc3)c(C#N)c2)OCCCO1. The van der Waals surface area contributed by atoms with E-state index in [0.717, 1.165) is 17.0 Å². The highest BCUT2D eigenvalue weighted by Gasteiger charge is 2.40. The van der Waals surface area contributed by atoms with Crippen LogP contribution < -0.4 is 10.0 Å². The molecule has 0 aliphatic carbocycles. The van der Waals surface area contributed by atoms with E-state index in [-0.39, 0.29) is 46.2 Å². The van der Waals surface area contributed by atoms with E-state index in [1.54, 1.807) is 12.1 Å². The van der Waals surface area contributed by atoms with E-state index in [0.29, 0.717) is 38.2 Å². The summed E-state index contributed by atoms with van der Waals surface area (Å²) in [6.07, 6.45) is 0.313. The van der Waals surface area contributed by atoms with Gasteiger partial charge in [0.25, 0.3) is 15.9 Å². The molecule has 9 nitrogen and oxygen atoms in total. The lowest BCUT2D eigenvalue weighted by molar-refractivity contribution is -0.244. The molecule has 14 heteroatoms. The molecule has 0 unspecified atom stereocenters. The summed E-state index contributed by atoms with van der Waals surface area (Å²) in [6.45, 7) is 3.12. The van der Waals surface area contributed by atoms with Crippen molar-refractivity contribution in [3.05, 3.63) is 52.8 Å². The second-order valence-electron chi connectivity index (χ2n) is 9.62. The summed E-state index contributed by atoms with van der Waals surface area (Å²) in [5.74, 6) is -2.59. The number of sulfonamides is 1. The molecular formula is C26H29ClF2N4O5S2. The number of hydrogen-bond donors (Lipinski definition) is 2. The number of carbonyl (C=O) groups is 1.